The van der Waals surface area contributed by atoms with E-state index in [1.807, 2.05) is 12.1 Å². The average Bonchev–Trinajstić information content (AvgIpc) is 2.87. The topological polar surface area (TPSA) is 148 Å². The number of nitriles is 1. The molecule has 180 valence electrons. The van der Waals surface area contributed by atoms with Gasteiger partial charge < -0.3 is 15.5 Å². The van der Waals surface area contributed by atoms with Crippen LogP contribution in [0, 0.1) is 11.3 Å². The molecule has 0 aliphatic heterocycles. The van der Waals surface area contributed by atoms with Gasteiger partial charge in [-0.15, -0.1) is 0 Å². The quantitative estimate of drug-likeness (QED) is 0.414. The van der Waals surface area contributed by atoms with Crippen LogP contribution in [0.1, 0.15) is 44.4 Å². The van der Waals surface area contributed by atoms with Gasteiger partial charge in [-0.2, -0.15) is 5.26 Å². The summed E-state index contributed by atoms with van der Waals surface area (Å²) < 4.78 is 26.9. The number of anilines is 1. The van der Waals surface area contributed by atoms with Gasteiger partial charge in [0.1, 0.15) is 0 Å². The van der Waals surface area contributed by atoms with Crippen LogP contribution in [-0.4, -0.2) is 48.4 Å². The average molecular weight is 494 g/mol. The first-order valence-corrected chi connectivity index (χ1v) is 12.0. The summed E-state index contributed by atoms with van der Waals surface area (Å²) in [5.74, 6) is -1.94. The number of hydrogen-bond donors (Lipinski definition) is 3. The minimum absolute atomic E-state index is 0.00917. The van der Waals surface area contributed by atoms with E-state index >= 15 is 0 Å². The molecule has 3 N–H and O–H groups in total. The Morgan fingerprint density at radius 2 is 1.71 bits per heavy atom. The zero-order valence-electron chi connectivity index (χ0n) is 18.7. The van der Waals surface area contributed by atoms with Crippen LogP contribution in [0.25, 0.3) is 0 Å². The Labute approximate surface area is 202 Å². The number of carboxylic acid groups (broad SMARTS) is 1. The Kier molecular flexibility index (Phi) is 7.98. The van der Waals surface area contributed by atoms with Crippen molar-refractivity contribution >= 4 is 27.6 Å². The number of rotatable bonds is 9. The van der Waals surface area contributed by atoms with E-state index in [-0.39, 0.29) is 40.2 Å². The van der Waals surface area contributed by atoms with E-state index < -0.39 is 28.0 Å². The molecule has 0 aromatic heterocycles. The van der Waals surface area contributed by atoms with E-state index in [2.05, 4.69) is 5.32 Å². The molecule has 0 saturated carbocycles. The zero-order valence-corrected chi connectivity index (χ0v) is 19.6. The van der Waals surface area contributed by atoms with Crippen molar-refractivity contribution in [3.05, 3.63) is 95.1 Å². The molecule has 9 nitrogen and oxygen atoms in total. The number of aromatic carboxylic acids is 1. The highest BCUT2D eigenvalue weighted by atomic mass is 32.2. The number of sulfonamides is 1. The molecule has 1 atom stereocenters. The van der Waals surface area contributed by atoms with Crippen LogP contribution in [0.2, 0.25) is 0 Å². The Hall–Kier alpha value is -4.04. The van der Waals surface area contributed by atoms with E-state index in [1.54, 1.807) is 24.3 Å². The van der Waals surface area contributed by atoms with Gasteiger partial charge in [0.25, 0.3) is 5.91 Å². The molecule has 0 radical (unpaired) electrons. The molecule has 0 fully saturated rings. The second-order valence-corrected chi connectivity index (χ2v) is 9.74. The predicted octanol–water partition coefficient (Wildman–Crippen LogP) is 3.25. The number of aliphatic hydroxyl groups is 1. The molecule has 10 heteroatoms. The minimum Gasteiger partial charge on any atom is -0.478 e. The molecule has 0 heterocycles. The largest absolute Gasteiger partial charge is 0.478 e. The van der Waals surface area contributed by atoms with Crippen LogP contribution in [0.3, 0.4) is 0 Å². The van der Waals surface area contributed by atoms with Crippen LogP contribution in [-0.2, 0) is 10.0 Å². The fourth-order valence-corrected chi connectivity index (χ4v) is 4.50. The first-order chi connectivity index (χ1) is 16.6. The summed E-state index contributed by atoms with van der Waals surface area (Å²) >= 11 is 0. The van der Waals surface area contributed by atoms with E-state index in [1.165, 1.54) is 43.4 Å². The van der Waals surface area contributed by atoms with Gasteiger partial charge in [-0.25, -0.2) is 17.5 Å². The Balaban J connectivity index is 1.69. The highest BCUT2D eigenvalue weighted by molar-refractivity contribution is 7.89. The van der Waals surface area contributed by atoms with Crippen molar-refractivity contribution < 1.29 is 28.2 Å². The van der Waals surface area contributed by atoms with Crippen LogP contribution >= 0.6 is 0 Å². The highest BCUT2D eigenvalue weighted by Gasteiger charge is 2.22. The lowest BCUT2D eigenvalue weighted by Crippen LogP contribution is -2.29. The van der Waals surface area contributed by atoms with Crippen molar-refractivity contribution in [3.63, 3.8) is 0 Å². The van der Waals surface area contributed by atoms with Crippen molar-refractivity contribution in [2.24, 2.45) is 0 Å². The summed E-state index contributed by atoms with van der Waals surface area (Å²) in [6, 6.07) is 19.8. The molecule has 3 aromatic rings. The van der Waals surface area contributed by atoms with E-state index in [0.717, 1.165) is 10.4 Å². The molecule has 0 bridgehead atoms. The van der Waals surface area contributed by atoms with E-state index in [4.69, 9.17) is 5.26 Å². The summed E-state index contributed by atoms with van der Waals surface area (Å²) in [4.78, 5) is 24.0. The van der Waals surface area contributed by atoms with Crippen LogP contribution < -0.4 is 5.32 Å². The van der Waals surface area contributed by atoms with Gasteiger partial charge in [0.15, 0.2) is 0 Å². The lowest BCUT2D eigenvalue weighted by Gasteiger charge is -2.19. The molecule has 1 amide bonds. The Morgan fingerprint density at radius 3 is 2.31 bits per heavy atom. The van der Waals surface area contributed by atoms with Crippen molar-refractivity contribution in [3.8, 4) is 6.07 Å². The van der Waals surface area contributed by atoms with Crippen LogP contribution in [0.15, 0.2) is 77.7 Å². The smallest absolute Gasteiger partial charge is 0.337 e. The fraction of sp³-hybridized carbons (Fsp3) is 0.160. The number of amides is 1. The predicted molar refractivity (Wildman–Crippen MR) is 128 cm³/mol. The summed E-state index contributed by atoms with van der Waals surface area (Å²) in [7, 11) is -2.45. The lowest BCUT2D eigenvalue weighted by molar-refractivity contribution is 0.0698. The summed E-state index contributed by atoms with van der Waals surface area (Å²) in [5, 5.41) is 31.0. The maximum atomic E-state index is 12.9. The Morgan fingerprint density at radius 1 is 1.06 bits per heavy atom. The van der Waals surface area contributed by atoms with Gasteiger partial charge in [0.2, 0.25) is 10.0 Å². The normalized spacial score (nSPS) is 12.1. The van der Waals surface area contributed by atoms with Crippen LogP contribution in [0.5, 0.6) is 0 Å². The molecule has 0 aliphatic carbocycles. The van der Waals surface area contributed by atoms with Gasteiger partial charge in [-0.05, 0) is 54.4 Å². The summed E-state index contributed by atoms with van der Waals surface area (Å²) in [6.45, 7) is 0.0806. The third kappa shape index (κ3) is 6.10. The first-order valence-electron chi connectivity index (χ1n) is 10.5. The number of carbonyl (C=O) groups is 2. The number of carboxylic acids is 1. The molecule has 3 aromatic carbocycles. The number of benzene rings is 3. The van der Waals surface area contributed by atoms with Gasteiger partial charge >= 0.3 is 5.97 Å². The second kappa shape index (κ2) is 10.9. The molecule has 35 heavy (non-hydrogen) atoms. The molecule has 3 rings (SSSR count). The van der Waals surface area contributed by atoms with Gasteiger partial charge in [-0.3, -0.25) is 4.79 Å². The minimum atomic E-state index is -3.86. The van der Waals surface area contributed by atoms with Gasteiger partial charge in [0, 0.05) is 19.2 Å². The zero-order chi connectivity index (χ0) is 25.6. The van der Waals surface area contributed by atoms with E-state index in [0.29, 0.717) is 5.56 Å². The number of aliphatic hydroxyl groups excluding tert-OH is 1. The first kappa shape index (κ1) is 25.6. The number of carbonyl (C=O) groups excluding carboxylic acids is 1. The number of nitrogens with one attached hydrogen (secondary N) is 1. The third-order valence-electron chi connectivity index (χ3n) is 5.35. The maximum absolute atomic E-state index is 12.9. The van der Waals surface area contributed by atoms with E-state index in [9.17, 15) is 28.2 Å². The molecular weight excluding hydrogens is 470 g/mol. The SMILES string of the molecule is CN(CCC(O)c1ccccc1)S(=O)(=O)c1ccc(C(=O)Nc2ccc(C#N)cc2C(=O)O)cc1. The van der Waals surface area contributed by atoms with Crippen LogP contribution in [0.4, 0.5) is 5.69 Å². The molecule has 1 unspecified atom stereocenters. The van der Waals surface area contributed by atoms with Crippen molar-refractivity contribution in [1.82, 2.24) is 4.31 Å². The molecular formula is C25H23N3O6S. The monoisotopic (exact) mass is 493 g/mol. The lowest BCUT2D eigenvalue weighted by atomic mass is 10.1. The molecule has 0 aliphatic rings. The standard InChI is InChI=1S/C25H23N3O6S/c1-28(14-13-23(29)18-5-3-2-4-6-18)35(33,34)20-10-8-19(9-11-20)24(30)27-22-12-7-17(16-26)15-21(22)25(31)32/h2-12,15,23,29H,13-14H2,1H3,(H,27,30)(H,31,32). The summed E-state index contributed by atoms with van der Waals surface area (Å²) in [6.07, 6.45) is -0.602. The van der Waals surface area contributed by atoms with Crippen molar-refractivity contribution in [1.29, 1.82) is 5.26 Å². The maximum Gasteiger partial charge on any atom is 0.337 e. The number of nitrogens with zero attached hydrogens (tertiary/aromatic N) is 2. The highest BCUT2D eigenvalue weighted by Crippen LogP contribution is 2.22. The third-order valence-corrected chi connectivity index (χ3v) is 7.22. The fourth-order valence-electron chi connectivity index (χ4n) is 3.32. The second-order valence-electron chi connectivity index (χ2n) is 7.70. The number of hydrogen-bond acceptors (Lipinski definition) is 6. The van der Waals surface area contributed by atoms with Crippen molar-refractivity contribution in [2.45, 2.75) is 17.4 Å². The molecule has 0 spiro atoms. The van der Waals surface area contributed by atoms with Gasteiger partial charge in [0.05, 0.1) is 33.9 Å². The van der Waals surface area contributed by atoms with Gasteiger partial charge in [-0.1, -0.05) is 30.3 Å². The summed E-state index contributed by atoms with van der Waals surface area (Å²) in [5.41, 5.74) is 0.718. The Bertz CT molecular complexity index is 1370. The van der Waals surface area contributed by atoms with Crippen molar-refractivity contribution in [2.75, 3.05) is 18.9 Å². The molecule has 0 saturated heterocycles.